The van der Waals surface area contributed by atoms with E-state index in [4.69, 9.17) is 10.5 Å². The monoisotopic (exact) mass is 326 g/mol. The number of carbonyl (C=O) groups is 1. The van der Waals surface area contributed by atoms with Crippen LogP contribution in [0.5, 0.6) is 0 Å². The third kappa shape index (κ3) is 4.59. The first kappa shape index (κ1) is 16.5. The lowest BCUT2D eigenvalue weighted by atomic mass is 10.2. The van der Waals surface area contributed by atoms with Gasteiger partial charge in [-0.3, -0.25) is 0 Å². The Kier molecular flexibility index (Phi) is 4.60. The molecule has 1 aromatic heterocycles. The van der Waals surface area contributed by atoms with Crippen molar-refractivity contribution in [2.24, 2.45) is 4.36 Å². The van der Waals surface area contributed by atoms with E-state index in [1.165, 1.54) is 0 Å². The second kappa shape index (κ2) is 6.12. The molecular weight excluding hydrogens is 304 g/mol. The normalized spacial score (nSPS) is 17.9. The number of aromatic nitrogens is 1. The summed E-state index contributed by atoms with van der Waals surface area (Å²) in [6.07, 6.45) is 0.938. The second-order valence-corrected chi connectivity index (χ2v) is 8.72. The van der Waals surface area contributed by atoms with Crippen LogP contribution in [0.2, 0.25) is 0 Å². The Morgan fingerprint density at radius 2 is 2.00 bits per heavy atom. The fraction of sp³-hybridized carbons (Fsp3) is 0.571. The summed E-state index contributed by atoms with van der Waals surface area (Å²) in [6.45, 7) is 6.37. The summed E-state index contributed by atoms with van der Waals surface area (Å²) in [5.74, 6) is 1.12. The molecule has 0 aromatic carbocycles. The molecule has 2 heterocycles. The summed E-state index contributed by atoms with van der Waals surface area (Å²) in [7, 11) is -2.55. The summed E-state index contributed by atoms with van der Waals surface area (Å²) < 4.78 is 21.5. The summed E-state index contributed by atoms with van der Waals surface area (Å²) in [4.78, 5) is 17.8. The van der Waals surface area contributed by atoms with Crippen LogP contribution in [-0.2, 0) is 14.5 Å². The van der Waals surface area contributed by atoms with Crippen LogP contribution in [0.3, 0.4) is 0 Å². The SMILES string of the molecule is CC(C)(C)OC(=O)N=S1(=O)CCN(c2ccc(N)nc2)CC1. The summed E-state index contributed by atoms with van der Waals surface area (Å²) in [5, 5.41) is 0. The van der Waals surface area contributed by atoms with E-state index in [1.807, 2.05) is 6.07 Å². The van der Waals surface area contributed by atoms with E-state index >= 15 is 0 Å². The van der Waals surface area contributed by atoms with Gasteiger partial charge in [-0.05, 0) is 32.9 Å². The molecule has 1 fully saturated rings. The van der Waals surface area contributed by atoms with Crippen molar-refractivity contribution in [3.8, 4) is 0 Å². The first-order valence-electron chi connectivity index (χ1n) is 7.09. The van der Waals surface area contributed by atoms with Crippen molar-refractivity contribution in [1.29, 1.82) is 0 Å². The predicted octanol–water partition coefficient (Wildman–Crippen LogP) is 1.89. The van der Waals surface area contributed by atoms with Gasteiger partial charge in [-0.15, -0.1) is 4.36 Å². The van der Waals surface area contributed by atoms with Crippen LogP contribution in [0.4, 0.5) is 16.3 Å². The van der Waals surface area contributed by atoms with Crippen molar-refractivity contribution in [3.63, 3.8) is 0 Å². The largest absolute Gasteiger partial charge is 0.442 e. The van der Waals surface area contributed by atoms with Crippen LogP contribution in [0.1, 0.15) is 20.8 Å². The van der Waals surface area contributed by atoms with Gasteiger partial charge in [-0.25, -0.2) is 14.0 Å². The fourth-order valence-corrected chi connectivity index (χ4v) is 3.78. The van der Waals surface area contributed by atoms with E-state index in [-0.39, 0.29) is 0 Å². The molecule has 22 heavy (non-hydrogen) atoms. The van der Waals surface area contributed by atoms with E-state index in [1.54, 1.807) is 33.0 Å². The molecule has 0 spiro atoms. The Morgan fingerprint density at radius 1 is 1.36 bits per heavy atom. The molecule has 0 atom stereocenters. The Balaban J connectivity index is 2.02. The van der Waals surface area contributed by atoms with Gasteiger partial charge in [0, 0.05) is 24.6 Å². The Hall–Kier alpha value is -1.83. The molecule has 1 aliphatic heterocycles. The molecule has 0 aliphatic carbocycles. The van der Waals surface area contributed by atoms with Gasteiger partial charge in [0.15, 0.2) is 0 Å². The van der Waals surface area contributed by atoms with Gasteiger partial charge in [0.25, 0.3) is 0 Å². The third-order valence-electron chi connectivity index (χ3n) is 3.13. The average molecular weight is 326 g/mol. The van der Waals surface area contributed by atoms with Gasteiger partial charge in [0.1, 0.15) is 11.4 Å². The van der Waals surface area contributed by atoms with Gasteiger partial charge >= 0.3 is 6.09 Å². The van der Waals surface area contributed by atoms with Crippen molar-refractivity contribution in [1.82, 2.24) is 4.98 Å². The highest BCUT2D eigenvalue weighted by Crippen LogP contribution is 2.18. The smallest absolute Gasteiger partial charge is 0.442 e. The van der Waals surface area contributed by atoms with Gasteiger partial charge in [0.2, 0.25) is 0 Å². The molecule has 0 bridgehead atoms. The Labute approximate surface area is 131 Å². The molecule has 1 saturated heterocycles. The highest BCUT2D eigenvalue weighted by Gasteiger charge is 2.24. The minimum atomic E-state index is -2.55. The molecule has 122 valence electrons. The molecule has 0 unspecified atom stereocenters. The molecule has 7 nitrogen and oxygen atoms in total. The number of hydrogen-bond acceptors (Lipinski definition) is 6. The van der Waals surface area contributed by atoms with Crippen LogP contribution >= 0.6 is 0 Å². The lowest BCUT2D eigenvalue weighted by Crippen LogP contribution is -2.40. The first-order chi connectivity index (χ1) is 10.2. The van der Waals surface area contributed by atoms with Gasteiger partial charge in [-0.2, -0.15) is 0 Å². The zero-order valence-electron chi connectivity index (χ0n) is 13.1. The number of anilines is 2. The molecule has 0 radical (unpaired) electrons. The van der Waals surface area contributed by atoms with Crippen LogP contribution in [-0.4, -0.2) is 45.5 Å². The van der Waals surface area contributed by atoms with E-state index in [9.17, 15) is 9.00 Å². The van der Waals surface area contributed by atoms with Gasteiger partial charge in [0.05, 0.1) is 21.6 Å². The second-order valence-electron chi connectivity index (χ2n) is 6.18. The van der Waals surface area contributed by atoms with Crippen LogP contribution in [0.25, 0.3) is 0 Å². The highest BCUT2D eigenvalue weighted by atomic mass is 32.2. The predicted molar refractivity (Wildman–Crippen MR) is 87.4 cm³/mol. The number of carbonyl (C=O) groups excluding carboxylic acids is 1. The number of ether oxygens (including phenoxy) is 1. The highest BCUT2D eigenvalue weighted by molar-refractivity contribution is 7.94. The van der Waals surface area contributed by atoms with Crippen molar-refractivity contribution >= 4 is 27.3 Å². The fourth-order valence-electron chi connectivity index (χ4n) is 2.07. The lowest BCUT2D eigenvalue weighted by molar-refractivity contribution is 0.0607. The molecule has 1 aromatic rings. The molecule has 0 saturated carbocycles. The number of amides is 1. The van der Waals surface area contributed by atoms with Crippen LogP contribution in [0, 0.1) is 0 Å². The first-order valence-corrected chi connectivity index (χ1v) is 8.94. The molecular formula is C14H22N4O3S. The standard InChI is InChI=1S/C14H22N4O3S/c1-14(2,3)21-13(19)17-22(20)8-6-18(7-9-22)11-4-5-12(15)16-10-11/h4-5,10H,6-9H2,1-3H3,(H2,15,16). The number of nitrogen functional groups attached to an aromatic ring is 1. The molecule has 1 amide bonds. The van der Waals surface area contributed by atoms with E-state index in [0.717, 1.165) is 5.69 Å². The minimum Gasteiger partial charge on any atom is -0.442 e. The third-order valence-corrected chi connectivity index (χ3v) is 5.25. The van der Waals surface area contributed by atoms with Gasteiger partial charge < -0.3 is 15.4 Å². The number of nitrogens with two attached hydrogens (primary N) is 1. The number of pyridine rings is 1. The quantitative estimate of drug-likeness (QED) is 0.846. The molecule has 1 aliphatic rings. The van der Waals surface area contributed by atoms with Crippen LogP contribution in [0.15, 0.2) is 22.7 Å². The molecule has 2 rings (SSSR count). The lowest BCUT2D eigenvalue weighted by Gasteiger charge is -2.30. The average Bonchev–Trinajstić information content (AvgIpc) is 2.38. The maximum absolute atomic E-state index is 12.6. The zero-order valence-corrected chi connectivity index (χ0v) is 13.9. The van der Waals surface area contributed by atoms with Crippen LogP contribution < -0.4 is 10.6 Å². The topological polar surface area (TPSA) is 97.9 Å². The van der Waals surface area contributed by atoms with Crippen molar-refractivity contribution in [2.45, 2.75) is 26.4 Å². The summed E-state index contributed by atoms with van der Waals surface area (Å²) in [5.41, 5.74) is 5.85. The maximum Gasteiger partial charge on any atom is 0.442 e. The van der Waals surface area contributed by atoms with Gasteiger partial charge in [-0.1, -0.05) is 0 Å². The minimum absolute atomic E-state index is 0.330. The zero-order chi connectivity index (χ0) is 16.4. The van der Waals surface area contributed by atoms with Crippen molar-refractivity contribution in [2.75, 3.05) is 35.2 Å². The summed E-state index contributed by atoms with van der Waals surface area (Å²) >= 11 is 0. The number of nitrogens with zero attached hydrogens (tertiary/aromatic N) is 3. The molecule has 2 N–H and O–H groups in total. The van der Waals surface area contributed by atoms with E-state index in [0.29, 0.717) is 30.4 Å². The number of hydrogen-bond donors (Lipinski definition) is 1. The van der Waals surface area contributed by atoms with E-state index in [2.05, 4.69) is 14.2 Å². The van der Waals surface area contributed by atoms with Crippen molar-refractivity contribution < 1.29 is 13.7 Å². The molecule has 8 heteroatoms. The Bertz CT molecular complexity index is 644. The van der Waals surface area contributed by atoms with E-state index < -0.39 is 21.4 Å². The Morgan fingerprint density at radius 3 is 2.50 bits per heavy atom. The van der Waals surface area contributed by atoms with Crippen molar-refractivity contribution in [3.05, 3.63) is 18.3 Å². The summed E-state index contributed by atoms with van der Waals surface area (Å²) in [6, 6.07) is 3.60. The number of rotatable bonds is 1. The maximum atomic E-state index is 12.6.